The van der Waals surface area contributed by atoms with Gasteiger partial charge in [-0.3, -0.25) is 9.78 Å². The molecule has 4 aromatic rings. The van der Waals surface area contributed by atoms with Gasteiger partial charge in [-0.05, 0) is 24.1 Å². The molecular formula is C20H19N5OS. The van der Waals surface area contributed by atoms with Gasteiger partial charge in [0, 0.05) is 18.0 Å². The SMILES string of the molecule is CCCc1cc(=O)n2nc(NC(c3ccccc3)c3ccccn3)sc2n1. The lowest BCUT2D eigenvalue weighted by atomic mass is 10.0. The highest BCUT2D eigenvalue weighted by molar-refractivity contribution is 7.20. The van der Waals surface area contributed by atoms with Crippen molar-refractivity contribution in [2.75, 3.05) is 5.32 Å². The van der Waals surface area contributed by atoms with E-state index in [0.717, 1.165) is 29.8 Å². The van der Waals surface area contributed by atoms with Gasteiger partial charge in [0.15, 0.2) is 0 Å². The summed E-state index contributed by atoms with van der Waals surface area (Å²) in [5.74, 6) is 0. The van der Waals surface area contributed by atoms with Crippen molar-refractivity contribution >= 4 is 21.4 Å². The standard InChI is InChI=1S/C20H19N5OS/c1-2-8-15-13-17(26)25-20(22-15)27-19(24-25)23-18(14-9-4-3-5-10-14)16-11-6-7-12-21-16/h3-7,9-13,18H,2,8H2,1H3,(H,23,24). The monoisotopic (exact) mass is 377 g/mol. The number of fused-ring (bicyclic) bond motifs is 1. The molecule has 0 fully saturated rings. The number of aromatic nitrogens is 4. The molecule has 4 rings (SSSR count). The predicted molar refractivity (Wildman–Crippen MR) is 107 cm³/mol. The van der Waals surface area contributed by atoms with Crippen LogP contribution in [0.25, 0.3) is 4.96 Å². The molecule has 1 N–H and O–H groups in total. The number of nitrogens with one attached hydrogen (secondary N) is 1. The summed E-state index contributed by atoms with van der Waals surface area (Å²) in [4.78, 5) is 22.0. The maximum absolute atomic E-state index is 12.3. The number of rotatable bonds is 6. The van der Waals surface area contributed by atoms with Gasteiger partial charge in [0.05, 0.1) is 11.7 Å². The van der Waals surface area contributed by atoms with Crippen LogP contribution >= 0.6 is 11.3 Å². The molecule has 27 heavy (non-hydrogen) atoms. The highest BCUT2D eigenvalue weighted by atomic mass is 32.1. The minimum atomic E-state index is -0.168. The van der Waals surface area contributed by atoms with Crippen molar-refractivity contribution in [1.29, 1.82) is 0 Å². The van der Waals surface area contributed by atoms with E-state index >= 15 is 0 Å². The molecule has 0 spiro atoms. The first kappa shape index (κ1) is 17.4. The van der Waals surface area contributed by atoms with Gasteiger partial charge in [-0.25, -0.2) is 4.98 Å². The topological polar surface area (TPSA) is 72.2 Å². The Morgan fingerprint density at radius 1 is 1.15 bits per heavy atom. The summed E-state index contributed by atoms with van der Waals surface area (Å²) in [6, 6.07) is 17.3. The number of hydrogen-bond donors (Lipinski definition) is 1. The average molecular weight is 377 g/mol. The predicted octanol–water partition coefficient (Wildman–Crippen LogP) is 3.70. The molecule has 0 aliphatic heterocycles. The number of anilines is 1. The molecule has 0 radical (unpaired) electrons. The highest BCUT2D eigenvalue weighted by Crippen LogP contribution is 2.27. The Kier molecular flexibility index (Phi) is 4.93. The van der Waals surface area contributed by atoms with E-state index in [1.54, 1.807) is 12.3 Å². The summed E-state index contributed by atoms with van der Waals surface area (Å²) in [6.45, 7) is 2.07. The number of hydrogen-bond acceptors (Lipinski definition) is 6. The van der Waals surface area contributed by atoms with Crippen LogP contribution in [0.3, 0.4) is 0 Å². The molecule has 6 nitrogen and oxygen atoms in total. The van der Waals surface area contributed by atoms with Crippen LogP contribution in [0.2, 0.25) is 0 Å². The smallest absolute Gasteiger partial charge is 0.275 e. The molecule has 3 heterocycles. The summed E-state index contributed by atoms with van der Waals surface area (Å²) >= 11 is 1.37. The van der Waals surface area contributed by atoms with E-state index in [9.17, 15) is 4.79 Å². The van der Waals surface area contributed by atoms with Crippen LogP contribution in [0.1, 0.15) is 36.3 Å². The lowest BCUT2D eigenvalue weighted by Gasteiger charge is -2.17. The fourth-order valence-electron chi connectivity index (χ4n) is 2.94. The van der Waals surface area contributed by atoms with Crippen LogP contribution in [0.5, 0.6) is 0 Å². The zero-order valence-electron chi connectivity index (χ0n) is 14.9. The molecule has 0 aliphatic rings. The largest absolute Gasteiger partial charge is 0.348 e. The van der Waals surface area contributed by atoms with Gasteiger partial charge in [0.2, 0.25) is 10.1 Å². The van der Waals surface area contributed by atoms with E-state index in [1.807, 2.05) is 48.5 Å². The summed E-state index contributed by atoms with van der Waals surface area (Å²) in [5, 5.41) is 8.48. The highest BCUT2D eigenvalue weighted by Gasteiger charge is 2.18. The molecule has 7 heteroatoms. The fraction of sp³-hybridized carbons (Fsp3) is 0.200. The molecule has 0 saturated heterocycles. The summed E-state index contributed by atoms with van der Waals surface area (Å²) in [6.07, 6.45) is 3.50. The number of aryl methyl sites for hydroxylation is 1. The quantitative estimate of drug-likeness (QED) is 0.555. The first-order valence-corrected chi connectivity index (χ1v) is 9.68. The fourth-order valence-corrected chi connectivity index (χ4v) is 3.79. The van der Waals surface area contributed by atoms with E-state index in [0.29, 0.717) is 10.1 Å². The number of nitrogens with zero attached hydrogens (tertiary/aromatic N) is 4. The van der Waals surface area contributed by atoms with Gasteiger partial charge in [0.25, 0.3) is 5.56 Å². The van der Waals surface area contributed by atoms with Crippen molar-refractivity contribution in [2.24, 2.45) is 0 Å². The second-order valence-electron chi connectivity index (χ2n) is 6.18. The second-order valence-corrected chi connectivity index (χ2v) is 7.14. The van der Waals surface area contributed by atoms with Gasteiger partial charge in [-0.1, -0.05) is 61.1 Å². The molecule has 0 bridgehead atoms. The average Bonchev–Trinajstić information content (AvgIpc) is 3.11. The summed E-state index contributed by atoms with van der Waals surface area (Å²) < 4.78 is 1.35. The maximum Gasteiger partial charge on any atom is 0.275 e. The minimum absolute atomic E-state index is 0.151. The Bertz CT molecular complexity index is 1050. The van der Waals surface area contributed by atoms with Crippen molar-refractivity contribution in [3.05, 3.63) is 88.1 Å². The Balaban J connectivity index is 1.73. The molecule has 1 aromatic carbocycles. The van der Waals surface area contributed by atoms with Crippen LogP contribution in [-0.4, -0.2) is 19.6 Å². The lowest BCUT2D eigenvalue weighted by Crippen LogP contribution is -2.17. The molecule has 0 saturated carbocycles. The molecule has 0 aliphatic carbocycles. The minimum Gasteiger partial charge on any atom is -0.348 e. The van der Waals surface area contributed by atoms with E-state index in [-0.39, 0.29) is 11.6 Å². The van der Waals surface area contributed by atoms with Gasteiger partial charge in [-0.15, -0.1) is 5.10 Å². The maximum atomic E-state index is 12.3. The Morgan fingerprint density at radius 2 is 1.96 bits per heavy atom. The molecule has 1 unspecified atom stereocenters. The third-order valence-electron chi connectivity index (χ3n) is 4.19. The molecule has 0 amide bonds. The Hall–Kier alpha value is -3.06. The molecule has 136 valence electrons. The van der Waals surface area contributed by atoms with Gasteiger partial charge < -0.3 is 5.32 Å². The number of benzene rings is 1. The van der Waals surface area contributed by atoms with Crippen LogP contribution < -0.4 is 10.9 Å². The third kappa shape index (κ3) is 3.73. The summed E-state index contributed by atoms with van der Waals surface area (Å²) in [5.41, 5.74) is 2.61. The summed E-state index contributed by atoms with van der Waals surface area (Å²) in [7, 11) is 0. The Morgan fingerprint density at radius 3 is 2.70 bits per heavy atom. The first-order valence-electron chi connectivity index (χ1n) is 8.87. The van der Waals surface area contributed by atoms with Crippen LogP contribution in [0, 0.1) is 0 Å². The van der Waals surface area contributed by atoms with E-state index in [4.69, 9.17) is 0 Å². The zero-order chi connectivity index (χ0) is 18.6. The van der Waals surface area contributed by atoms with Gasteiger partial charge >= 0.3 is 0 Å². The van der Waals surface area contributed by atoms with Crippen molar-refractivity contribution in [2.45, 2.75) is 25.8 Å². The molecule has 1 atom stereocenters. The molecule has 3 aromatic heterocycles. The lowest BCUT2D eigenvalue weighted by molar-refractivity contribution is 0.829. The van der Waals surface area contributed by atoms with Crippen molar-refractivity contribution in [3.8, 4) is 0 Å². The first-order chi connectivity index (χ1) is 13.2. The van der Waals surface area contributed by atoms with Gasteiger partial charge in [0.1, 0.15) is 0 Å². The third-order valence-corrected chi connectivity index (χ3v) is 5.03. The van der Waals surface area contributed by atoms with Crippen molar-refractivity contribution < 1.29 is 0 Å². The van der Waals surface area contributed by atoms with E-state index in [1.165, 1.54) is 15.9 Å². The normalized spacial score (nSPS) is 12.2. The van der Waals surface area contributed by atoms with E-state index in [2.05, 4.69) is 27.3 Å². The molecular weight excluding hydrogens is 358 g/mol. The van der Waals surface area contributed by atoms with E-state index < -0.39 is 0 Å². The van der Waals surface area contributed by atoms with Crippen LogP contribution in [0.4, 0.5) is 5.13 Å². The Labute approximate surface area is 160 Å². The van der Waals surface area contributed by atoms with Crippen LogP contribution in [0.15, 0.2) is 65.6 Å². The van der Waals surface area contributed by atoms with Gasteiger partial charge in [-0.2, -0.15) is 4.52 Å². The zero-order valence-corrected chi connectivity index (χ0v) is 15.7. The second kappa shape index (κ2) is 7.67. The van der Waals surface area contributed by atoms with Crippen LogP contribution in [-0.2, 0) is 6.42 Å². The van der Waals surface area contributed by atoms with Crippen molar-refractivity contribution in [1.82, 2.24) is 19.6 Å². The van der Waals surface area contributed by atoms with Crippen molar-refractivity contribution in [3.63, 3.8) is 0 Å². The number of pyridine rings is 1.